The predicted octanol–water partition coefficient (Wildman–Crippen LogP) is 2.60. The van der Waals surface area contributed by atoms with Gasteiger partial charge in [0, 0.05) is 32.9 Å². The van der Waals surface area contributed by atoms with E-state index in [0.29, 0.717) is 0 Å². The van der Waals surface area contributed by atoms with Crippen LogP contribution in [0.15, 0.2) is 23.2 Å². The molecule has 0 bridgehead atoms. The molecule has 2 rings (SSSR count). The van der Waals surface area contributed by atoms with E-state index in [2.05, 4.69) is 66.6 Å². The maximum Gasteiger partial charge on any atom is 0.190 e. The molecule has 1 heterocycles. The summed E-state index contributed by atoms with van der Waals surface area (Å²) >= 11 is 0. The maximum atomic E-state index is 4.47. The number of aryl methyl sites for hydroxylation is 4. The van der Waals surface area contributed by atoms with E-state index < -0.39 is 0 Å². The third kappa shape index (κ3) is 5.34. The van der Waals surface area contributed by atoms with Crippen LogP contribution in [0.3, 0.4) is 0 Å². The van der Waals surface area contributed by atoms with Crippen molar-refractivity contribution in [3.8, 4) is 0 Å². The van der Waals surface area contributed by atoms with Crippen molar-refractivity contribution in [2.75, 3.05) is 20.1 Å². The van der Waals surface area contributed by atoms with Crippen LogP contribution in [0, 0.1) is 27.7 Å². The van der Waals surface area contributed by atoms with Crippen LogP contribution < -0.4 is 10.6 Å². The first-order valence-electron chi connectivity index (χ1n) is 8.91. The maximum absolute atomic E-state index is 4.47. The van der Waals surface area contributed by atoms with Crippen LogP contribution in [-0.4, -0.2) is 35.9 Å². The fraction of sp³-hybridized carbons (Fsp3) is 0.500. The van der Waals surface area contributed by atoms with Gasteiger partial charge in [0.15, 0.2) is 5.96 Å². The Morgan fingerprint density at radius 1 is 1.00 bits per heavy atom. The number of guanidine groups is 1. The molecule has 2 aromatic rings. The first-order valence-corrected chi connectivity index (χ1v) is 8.91. The molecule has 0 saturated carbocycles. The largest absolute Gasteiger partial charge is 0.356 e. The van der Waals surface area contributed by atoms with Crippen molar-refractivity contribution in [1.82, 2.24) is 20.4 Å². The zero-order valence-corrected chi connectivity index (χ0v) is 16.4. The zero-order valence-electron chi connectivity index (χ0n) is 16.4. The Kier molecular flexibility index (Phi) is 6.62. The van der Waals surface area contributed by atoms with Crippen LogP contribution in [0.4, 0.5) is 0 Å². The normalized spacial score (nSPS) is 11.7. The van der Waals surface area contributed by atoms with Gasteiger partial charge in [-0.15, -0.1) is 0 Å². The van der Waals surface area contributed by atoms with E-state index >= 15 is 0 Å². The highest BCUT2D eigenvalue weighted by molar-refractivity contribution is 5.79. The van der Waals surface area contributed by atoms with Gasteiger partial charge in [0.1, 0.15) is 0 Å². The molecule has 0 aliphatic carbocycles. The van der Waals surface area contributed by atoms with Crippen LogP contribution in [-0.2, 0) is 19.9 Å². The summed E-state index contributed by atoms with van der Waals surface area (Å²) in [5.41, 5.74) is 7.67. The number of nitrogens with zero attached hydrogens (tertiary/aromatic N) is 3. The number of nitrogens with one attached hydrogen (secondary N) is 2. The van der Waals surface area contributed by atoms with Gasteiger partial charge in [-0.2, -0.15) is 5.10 Å². The molecule has 2 N–H and O–H groups in total. The molecule has 0 amide bonds. The van der Waals surface area contributed by atoms with Crippen molar-refractivity contribution < 1.29 is 0 Å². The molecule has 0 spiro atoms. The second kappa shape index (κ2) is 8.70. The summed E-state index contributed by atoms with van der Waals surface area (Å²) in [6, 6.07) is 6.71. The first-order chi connectivity index (χ1) is 11.9. The van der Waals surface area contributed by atoms with E-state index in [1.54, 1.807) is 0 Å². The van der Waals surface area contributed by atoms with Crippen LogP contribution in [0.2, 0.25) is 0 Å². The van der Waals surface area contributed by atoms with Crippen LogP contribution >= 0.6 is 0 Å². The second-order valence-electron chi connectivity index (χ2n) is 6.69. The van der Waals surface area contributed by atoms with Crippen molar-refractivity contribution in [2.45, 2.75) is 40.5 Å². The average molecular weight is 342 g/mol. The van der Waals surface area contributed by atoms with Crippen LogP contribution in [0.25, 0.3) is 0 Å². The van der Waals surface area contributed by atoms with Gasteiger partial charge in [0.2, 0.25) is 0 Å². The van der Waals surface area contributed by atoms with Gasteiger partial charge < -0.3 is 10.6 Å². The summed E-state index contributed by atoms with van der Waals surface area (Å²) in [7, 11) is 3.81. The average Bonchev–Trinajstić information content (AvgIpc) is 2.78. The van der Waals surface area contributed by atoms with Crippen molar-refractivity contribution in [3.05, 3.63) is 51.8 Å². The van der Waals surface area contributed by atoms with Gasteiger partial charge >= 0.3 is 0 Å². The number of aliphatic imine (C=N–C) groups is 1. The summed E-state index contributed by atoms with van der Waals surface area (Å²) in [5.74, 6) is 0.851. The Morgan fingerprint density at radius 2 is 1.60 bits per heavy atom. The Labute approximate surface area is 151 Å². The molecule has 5 heteroatoms. The fourth-order valence-electron chi connectivity index (χ4n) is 3.24. The van der Waals surface area contributed by atoms with Gasteiger partial charge in [-0.1, -0.05) is 29.3 Å². The highest BCUT2D eigenvalue weighted by Gasteiger charge is 2.09. The van der Waals surface area contributed by atoms with E-state index in [-0.39, 0.29) is 0 Å². The van der Waals surface area contributed by atoms with Gasteiger partial charge in [0.25, 0.3) is 0 Å². The van der Waals surface area contributed by atoms with Crippen molar-refractivity contribution in [2.24, 2.45) is 12.0 Å². The minimum atomic E-state index is 0.844. The highest BCUT2D eigenvalue weighted by atomic mass is 15.3. The molecule has 5 nitrogen and oxygen atoms in total. The summed E-state index contributed by atoms with van der Waals surface area (Å²) in [5, 5.41) is 11.3. The lowest BCUT2D eigenvalue weighted by Crippen LogP contribution is -2.39. The van der Waals surface area contributed by atoms with E-state index in [0.717, 1.165) is 37.6 Å². The highest BCUT2D eigenvalue weighted by Crippen LogP contribution is 2.12. The zero-order chi connectivity index (χ0) is 18.4. The molecule has 0 fully saturated rings. The molecule has 0 aliphatic rings. The monoisotopic (exact) mass is 341 g/mol. The molecular weight excluding hydrogens is 310 g/mol. The first kappa shape index (κ1) is 19.0. The summed E-state index contributed by atoms with van der Waals surface area (Å²) < 4.78 is 1.95. The van der Waals surface area contributed by atoms with Gasteiger partial charge in [-0.05, 0) is 51.7 Å². The van der Waals surface area contributed by atoms with E-state index in [1.807, 2.05) is 18.8 Å². The quantitative estimate of drug-likeness (QED) is 0.627. The number of hydrogen-bond acceptors (Lipinski definition) is 2. The molecule has 1 aromatic carbocycles. The molecule has 0 saturated heterocycles. The molecule has 0 aliphatic heterocycles. The summed E-state index contributed by atoms with van der Waals surface area (Å²) in [6.45, 7) is 10.2. The Hall–Kier alpha value is -2.30. The fourth-order valence-corrected chi connectivity index (χ4v) is 3.24. The number of hydrogen-bond donors (Lipinski definition) is 2. The lowest BCUT2D eigenvalue weighted by molar-refractivity contribution is 0.728. The van der Waals surface area contributed by atoms with Gasteiger partial charge in [0.05, 0.1) is 5.69 Å². The Morgan fingerprint density at radius 3 is 2.12 bits per heavy atom. The van der Waals surface area contributed by atoms with Gasteiger partial charge in [-0.3, -0.25) is 9.67 Å². The van der Waals surface area contributed by atoms with Gasteiger partial charge in [-0.25, -0.2) is 0 Å². The predicted molar refractivity (Wildman–Crippen MR) is 105 cm³/mol. The number of aromatic nitrogens is 2. The lowest BCUT2D eigenvalue weighted by atomic mass is 10.1. The van der Waals surface area contributed by atoms with E-state index in [1.165, 1.54) is 27.9 Å². The molecule has 0 radical (unpaired) electrons. The topological polar surface area (TPSA) is 54.2 Å². The van der Waals surface area contributed by atoms with E-state index in [4.69, 9.17) is 0 Å². The molecule has 0 unspecified atom stereocenters. The van der Waals surface area contributed by atoms with E-state index in [9.17, 15) is 0 Å². The number of benzene rings is 1. The van der Waals surface area contributed by atoms with Crippen molar-refractivity contribution in [3.63, 3.8) is 0 Å². The molecule has 1 aromatic heterocycles. The van der Waals surface area contributed by atoms with Crippen molar-refractivity contribution >= 4 is 5.96 Å². The SMILES string of the molecule is CN=C(NCCc1cc(C)cc(C)c1)NCCc1c(C)nn(C)c1C. The molecule has 136 valence electrons. The molecular formula is C20H31N5. The lowest BCUT2D eigenvalue weighted by Gasteiger charge is -2.12. The number of rotatable bonds is 6. The van der Waals surface area contributed by atoms with Crippen LogP contribution in [0.5, 0.6) is 0 Å². The third-order valence-electron chi connectivity index (χ3n) is 4.54. The standard InChI is InChI=1S/C20H31N5/c1-14-11-15(2)13-18(12-14)7-9-22-20(21-5)23-10-8-19-16(3)24-25(6)17(19)4/h11-13H,7-10H2,1-6H3,(H2,21,22,23). The van der Waals surface area contributed by atoms with Crippen LogP contribution in [0.1, 0.15) is 33.6 Å². The molecule has 0 atom stereocenters. The smallest absolute Gasteiger partial charge is 0.190 e. The second-order valence-corrected chi connectivity index (χ2v) is 6.69. The van der Waals surface area contributed by atoms with Crippen molar-refractivity contribution in [1.29, 1.82) is 0 Å². The minimum Gasteiger partial charge on any atom is -0.356 e. The Balaban J connectivity index is 1.79. The third-order valence-corrected chi connectivity index (χ3v) is 4.54. The Bertz CT molecular complexity index is 723. The summed E-state index contributed by atoms with van der Waals surface area (Å²) in [4.78, 5) is 4.31. The molecule has 25 heavy (non-hydrogen) atoms. The minimum absolute atomic E-state index is 0.844. The summed E-state index contributed by atoms with van der Waals surface area (Å²) in [6.07, 6.45) is 1.94.